The maximum Gasteiger partial charge on any atom is 0.293 e. The number of nitro groups is 1. The van der Waals surface area contributed by atoms with E-state index in [-0.39, 0.29) is 11.5 Å². The molecule has 0 spiro atoms. The minimum atomic E-state index is -1.67. The van der Waals surface area contributed by atoms with Gasteiger partial charge in [0.2, 0.25) is 11.8 Å². The molecule has 1 saturated heterocycles. The highest BCUT2D eigenvalue weighted by Crippen LogP contribution is 2.74. The van der Waals surface area contributed by atoms with Gasteiger partial charge in [-0.3, -0.25) is 24.5 Å². The third-order valence-corrected chi connectivity index (χ3v) is 10.5. The number of nitro benzene ring substituents is 1. The lowest BCUT2D eigenvalue weighted by molar-refractivity contribution is -0.384. The van der Waals surface area contributed by atoms with E-state index in [1.807, 2.05) is 60.7 Å². The van der Waals surface area contributed by atoms with Crippen LogP contribution in [0.5, 0.6) is 0 Å². The Morgan fingerprint density at radius 2 is 0.958 bits per heavy atom. The fraction of sp³-hybridized carbons (Fsp3) is 0.103. The predicted molar refractivity (Wildman–Crippen MR) is 184 cm³/mol. The number of para-hydroxylation sites is 2. The van der Waals surface area contributed by atoms with Crippen LogP contribution >= 0.6 is 23.2 Å². The summed E-state index contributed by atoms with van der Waals surface area (Å²) in [5.74, 6) is -4.16. The molecule has 234 valence electrons. The van der Waals surface area contributed by atoms with Crippen LogP contribution in [0.3, 0.4) is 0 Å². The molecule has 0 radical (unpaired) electrons. The first-order chi connectivity index (χ1) is 23.2. The van der Waals surface area contributed by atoms with Gasteiger partial charge in [0.1, 0.15) is 5.69 Å². The molecule has 2 amide bonds. The molecule has 7 nitrogen and oxygen atoms in total. The zero-order valence-corrected chi connectivity index (χ0v) is 26.6. The van der Waals surface area contributed by atoms with E-state index in [4.69, 9.17) is 23.2 Å². The summed E-state index contributed by atoms with van der Waals surface area (Å²) in [6.07, 6.45) is 0. The minimum absolute atomic E-state index is 0.140. The molecular weight excluding hydrogens is 647 g/mol. The Balaban J connectivity index is 1.56. The number of fused-ring (bicyclic) bond motifs is 5. The Bertz CT molecular complexity index is 2080. The van der Waals surface area contributed by atoms with Crippen molar-refractivity contribution in [2.24, 2.45) is 11.8 Å². The average Bonchev–Trinajstić information content (AvgIpc) is 3.61. The number of imide groups is 1. The van der Waals surface area contributed by atoms with E-state index in [9.17, 15) is 10.1 Å². The van der Waals surface area contributed by atoms with Crippen LogP contribution in [0.25, 0.3) is 11.1 Å². The van der Waals surface area contributed by atoms with E-state index >= 15 is 14.4 Å². The number of Topliss-reactive ketones (excluding diaryl/α,β-unsaturated/α-hetero) is 1. The zero-order chi connectivity index (χ0) is 33.4. The first-order valence-electron chi connectivity index (χ1n) is 15.3. The molecule has 3 aliphatic rings. The van der Waals surface area contributed by atoms with Gasteiger partial charge in [0.05, 0.1) is 27.6 Å². The molecule has 2 aliphatic carbocycles. The van der Waals surface area contributed by atoms with E-state index in [1.54, 1.807) is 54.6 Å². The van der Waals surface area contributed by atoms with Crippen molar-refractivity contribution >= 4 is 63.3 Å². The fourth-order valence-electron chi connectivity index (χ4n) is 8.40. The number of allylic oxidation sites excluding steroid dienone is 2. The fourth-order valence-corrected chi connectivity index (χ4v) is 8.65. The standard InChI is InChI=1S/C39H24Cl2N2O5/c40-27-19-15-25(16-20-27)38-31(23-9-3-1-4-10-23)32(24-11-5-2-6-12-24)39(37(38)46,26-17-21-28(41)22-18-26)34-33(38)35(44)42(36(34)45)29-13-7-8-14-30(29)43(47)48/h1-22,33-34H/t33-,34+,38-,39-/m0/s1. The van der Waals surface area contributed by atoms with Crippen LogP contribution in [0, 0.1) is 22.0 Å². The highest BCUT2D eigenvalue weighted by atomic mass is 35.5. The highest BCUT2D eigenvalue weighted by Gasteiger charge is 2.83. The van der Waals surface area contributed by atoms with E-state index in [2.05, 4.69) is 0 Å². The van der Waals surface area contributed by atoms with E-state index in [0.717, 1.165) is 4.90 Å². The molecule has 9 heteroatoms. The molecule has 0 N–H and O–H groups in total. The molecule has 0 unspecified atom stereocenters. The molecule has 1 saturated carbocycles. The third-order valence-electron chi connectivity index (χ3n) is 10.0. The number of ketones is 1. The topological polar surface area (TPSA) is 97.6 Å². The lowest BCUT2D eigenvalue weighted by Crippen LogP contribution is -2.45. The molecule has 2 fully saturated rings. The van der Waals surface area contributed by atoms with Gasteiger partial charge in [-0.2, -0.15) is 0 Å². The molecular formula is C39H24Cl2N2O5. The lowest BCUT2D eigenvalue weighted by Gasteiger charge is -2.39. The first kappa shape index (κ1) is 30.0. The Kier molecular flexibility index (Phi) is 6.77. The number of amides is 2. The van der Waals surface area contributed by atoms with Gasteiger partial charge in [-0.1, -0.05) is 120 Å². The maximum absolute atomic E-state index is 15.9. The second-order valence-corrected chi connectivity index (χ2v) is 13.0. The number of hydrogen-bond acceptors (Lipinski definition) is 5. The number of carbonyl (C=O) groups is 3. The summed E-state index contributed by atoms with van der Waals surface area (Å²) < 4.78 is 0. The molecule has 5 aromatic carbocycles. The molecule has 48 heavy (non-hydrogen) atoms. The van der Waals surface area contributed by atoms with Crippen LogP contribution in [0.2, 0.25) is 10.0 Å². The minimum Gasteiger partial charge on any atom is -0.297 e. The predicted octanol–water partition coefficient (Wildman–Crippen LogP) is 8.09. The second-order valence-electron chi connectivity index (χ2n) is 12.2. The molecule has 1 aliphatic heterocycles. The summed E-state index contributed by atoms with van der Waals surface area (Å²) in [7, 11) is 0. The monoisotopic (exact) mass is 670 g/mol. The number of hydrogen-bond donors (Lipinski definition) is 0. The van der Waals surface area contributed by atoms with Crippen LogP contribution in [-0.4, -0.2) is 22.5 Å². The summed E-state index contributed by atoms with van der Waals surface area (Å²) in [6.45, 7) is 0. The van der Waals surface area contributed by atoms with Crippen molar-refractivity contribution in [3.05, 3.63) is 176 Å². The Hall–Kier alpha value is -5.37. The number of nitrogens with zero attached hydrogens (tertiary/aromatic N) is 2. The van der Waals surface area contributed by atoms with Gasteiger partial charge in [0, 0.05) is 16.1 Å². The molecule has 4 atom stereocenters. The molecule has 8 rings (SSSR count). The van der Waals surface area contributed by atoms with Crippen molar-refractivity contribution in [2.75, 3.05) is 4.90 Å². The molecule has 5 aromatic rings. The van der Waals surface area contributed by atoms with Gasteiger partial charge < -0.3 is 0 Å². The first-order valence-corrected chi connectivity index (χ1v) is 16.0. The van der Waals surface area contributed by atoms with Crippen LogP contribution in [-0.2, 0) is 25.2 Å². The number of anilines is 1. The van der Waals surface area contributed by atoms with Gasteiger partial charge in [-0.05, 0) is 63.7 Å². The van der Waals surface area contributed by atoms with Crippen molar-refractivity contribution in [3.63, 3.8) is 0 Å². The summed E-state index contributed by atoms with van der Waals surface area (Å²) in [4.78, 5) is 58.6. The van der Waals surface area contributed by atoms with Gasteiger partial charge in [-0.15, -0.1) is 0 Å². The van der Waals surface area contributed by atoms with Gasteiger partial charge in [0.15, 0.2) is 5.78 Å². The summed E-state index contributed by atoms with van der Waals surface area (Å²) in [6, 6.07) is 38.1. The number of halogens is 2. The molecule has 1 heterocycles. The van der Waals surface area contributed by atoms with Crippen molar-refractivity contribution < 1.29 is 19.3 Å². The maximum atomic E-state index is 15.9. The van der Waals surface area contributed by atoms with E-state index < -0.39 is 45.1 Å². The van der Waals surface area contributed by atoms with Crippen LogP contribution < -0.4 is 4.90 Å². The summed E-state index contributed by atoms with van der Waals surface area (Å²) in [5, 5.41) is 13.1. The van der Waals surface area contributed by atoms with E-state index in [0.29, 0.717) is 43.4 Å². The third kappa shape index (κ3) is 3.80. The number of rotatable bonds is 6. The molecule has 2 bridgehead atoms. The van der Waals surface area contributed by atoms with Crippen molar-refractivity contribution in [2.45, 2.75) is 10.8 Å². The van der Waals surface area contributed by atoms with Crippen LogP contribution in [0.15, 0.2) is 133 Å². The largest absolute Gasteiger partial charge is 0.297 e. The quantitative estimate of drug-likeness (QED) is 0.103. The van der Waals surface area contributed by atoms with Crippen LogP contribution in [0.4, 0.5) is 11.4 Å². The van der Waals surface area contributed by atoms with Crippen molar-refractivity contribution in [1.29, 1.82) is 0 Å². The second kappa shape index (κ2) is 10.8. The average molecular weight is 672 g/mol. The summed E-state index contributed by atoms with van der Waals surface area (Å²) in [5.41, 5.74) is -0.268. The lowest BCUT2D eigenvalue weighted by atomic mass is 9.59. The van der Waals surface area contributed by atoms with E-state index in [1.165, 1.54) is 18.2 Å². The number of benzene rings is 5. The normalized spacial score (nSPS) is 24.4. The molecule has 0 aromatic heterocycles. The Labute approximate surface area is 285 Å². The SMILES string of the molecule is O=C1[C@@H]2[C@H](C(=O)N1c1ccccc1[N+](=O)[O-])[C@@]1(c3ccc(Cl)cc3)C(=O)[C@@]2(c2ccc(Cl)cc2)C(c2ccccc2)=C1c1ccccc1. The highest BCUT2D eigenvalue weighted by molar-refractivity contribution is 6.39. The van der Waals surface area contributed by atoms with Crippen molar-refractivity contribution in [3.8, 4) is 0 Å². The Morgan fingerprint density at radius 3 is 1.38 bits per heavy atom. The van der Waals surface area contributed by atoms with Gasteiger partial charge in [-0.25, -0.2) is 4.90 Å². The van der Waals surface area contributed by atoms with Crippen molar-refractivity contribution in [1.82, 2.24) is 0 Å². The smallest absolute Gasteiger partial charge is 0.293 e. The zero-order valence-electron chi connectivity index (χ0n) is 25.0. The number of carbonyl (C=O) groups excluding carboxylic acids is 3. The summed E-state index contributed by atoms with van der Waals surface area (Å²) >= 11 is 12.8. The van der Waals surface area contributed by atoms with Crippen LogP contribution in [0.1, 0.15) is 22.3 Å². The van der Waals surface area contributed by atoms with Gasteiger partial charge >= 0.3 is 0 Å². The van der Waals surface area contributed by atoms with Gasteiger partial charge in [0.25, 0.3) is 5.69 Å². The Morgan fingerprint density at radius 1 is 0.562 bits per heavy atom.